The van der Waals surface area contributed by atoms with Crippen molar-refractivity contribution in [1.29, 1.82) is 0 Å². The molecule has 11 aromatic rings. The van der Waals surface area contributed by atoms with E-state index in [9.17, 15) is 0 Å². The average molecular weight is 1000 g/mol. The van der Waals surface area contributed by atoms with Crippen LogP contribution in [0.25, 0.3) is 44.5 Å². The molecule has 0 atom stereocenters. The summed E-state index contributed by atoms with van der Waals surface area (Å²) >= 11 is 0. The topological polar surface area (TPSA) is 9.72 Å². The number of fused-ring (bicyclic) bond motifs is 4. The summed E-state index contributed by atoms with van der Waals surface area (Å²) in [5.74, 6) is 0. The second-order valence-corrected chi connectivity index (χ2v) is 23.0. The van der Waals surface area contributed by atoms with Crippen LogP contribution in [0.15, 0.2) is 267 Å². The number of nitrogens with zero attached hydrogens (tertiary/aromatic N) is 3. The van der Waals surface area contributed by atoms with E-state index in [1.807, 2.05) is 0 Å². The zero-order valence-corrected chi connectivity index (χ0v) is 45.3. The second-order valence-electron chi connectivity index (χ2n) is 23.0. The Bertz CT molecular complexity index is 3680. The molecule has 0 aliphatic carbocycles. The Morgan fingerprint density at radius 2 is 0.590 bits per heavy atom. The molecule has 13 rings (SSSR count). The zero-order valence-electron chi connectivity index (χ0n) is 45.3. The Morgan fingerprint density at radius 3 is 0.923 bits per heavy atom. The Hall–Kier alpha value is -9.12. The van der Waals surface area contributed by atoms with Gasteiger partial charge >= 0.3 is 0 Å². The number of benzene rings is 11. The van der Waals surface area contributed by atoms with Gasteiger partial charge in [0.1, 0.15) is 0 Å². The van der Waals surface area contributed by atoms with Crippen LogP contribution >= 0.6 is 0 Å². The monoisotopic (exact) mass is 1000 g/mol. The van der Waals surface area contributed by atoms with Crippen molar-refractivity contribution in [3.63, 3.8) is 0 Å². The molecule has 0 saturated heterocycles. The van der Waals surface area contributed by atoms with Gasteiger partial charge in [0, 0.05) is 45.5 Å². The summed E-state index contributed by atoms with van der Waals surface area (Å²) in [6, 6.07) is 99.3. The first-order chi connectivity index (χ1) is 37.9. The van der Waals surface area contributed by atoms with Gasteiger partial charge in [0.15, 0.2) is 0 Å². The zero-order chi connectivity index (χ0) is 53.1. The van der Waals surface area contributed by atoms with Crippen LogP contribution in [0, 0.1) is 0 Å². The number of hydrogen-bond acceptors (Lipinski definition) is 3. The van der Waals surface area contributed by atoms with Gasteiger partial charge in [0.05, 0.1) is 5.69 Å². The molecule has 2 aliphatic heterocycles. The normalized spacial score (nSPS) is 12.7. The molecule has 0 fully saturated rings. The SMILES string of the molecule is CC(C)(C)c1ccc(N(c2ccc(C(C)(C)C)cc2)c2cc3c4c(c2)N(c2ccc(-c5ccccc5)cc2)c2ccc(-c5ccccc5)cc2B4c2cc(-c4ccccc4)ccc2N3c2ccc(-c3ccccc3)cc2)cc1. The first kappa shape index (κ1) is 48.5. The van der Waals surface area contributed by atoms with Crippen LogP contribution in [0.1, 0.15) is 52.7 Å². The smallest absolute Gasteiger partial charge is 0.252 e. The molecule has 0 saturated carbocycles. The lowest BCUT2D eigenvalue weighted by Crippen LogP contribution is -2.61. The van der Waals surface area contributed by atoms with E-state index in [1.54, 1.807) is 0 Å². The van der Waals surface area contributed by atoms with Crippen molar-refractivity contribution in [3.8, 4) is 44.5 Å². The highest BCUT2D eigenvalue weighted by Gasteiger charge is 2.44. The molecule has 2 aliphatic rings. The maximum atomic E-state index is 2.55. The van der Waals surface area contributed by atoms with Crippen LogP contribution in [0.4, 0.5) is 51.2 Å². The first-order valence-corrected chi connectivity index (χ1v) is 27.4. The molecule has 0 spiro atoms. The molecule has 0 N–H and O–H groups in total. The molecular formula is C74H62BN3. The fraction of sp³-hybridized carbons (Fsp3) is 0.108. The van der Waals surface area contributed by atoms with Gasteiger partial charge in [0.25, 0.3) is 6.71 Å². The Morgan fingerprint density at radius 1 is 0.282 bits per heavy atom. The standard InChI is InChI=1S/C74H62BN3/c1-73(2,3)59-33-41-61(42-34-59)76(62-43-35-60(36-44-62)74(4,5)6)65-49-70-72-71(50-65)78(64-39-29-56(30-40-64)52-21-13-8-14-22-52)69-46-32-58(54-25-17-10-18-26-54)48-67(69)75(72)66-47-57(53-23-15-9-16-24-53)31-45-68(66)77(70)63-37-27-55(28-38-63)51-19-11-7-12-20-51/h7-50H,1-6H3. The van der Waals surface area contributed by atoms with Crippen molar-refractivity contribution in [2.24, 2.45) is 0 Å². The summed E-state index contributed by atoms with van der Waals surface area (Å²) in [6.45, 7) is 13.6. The number of anilines is 9. The van der Waals surface area contributed by atoms with Crippen molar-refractivity contribution in [1.82, 2.24) is 0 Å². The lowest BCUT2D eigenvalue weighted by Gasteiger charge is -2.45. The van der Waals surface area contributed by atoms with Crippen LogP contribution in [-0.4, -0.2) is 6.71 Å². The number of hydrogen-bond donors (Lipinski definition) is 0. The van der Waals surface area contributed by atoms with E-state index in [2.05, 4.69) is 323 Å². The molecule has 0 unspecified atom stereocenters. The maximum absolute atomic E-state index is 2.55. The van der Waals surface area contributed by atoms with E-state index in [0.717, 1.165) is 51.2 Å². The third kappa shape index (κ3) is 8.87. The van der Waals surface area contributed by atoms with Gasteiger partial charge in [-0.15, -0.1) is 0 Å². The van der Waals surface area contributed by atoms with Crippen molar-refractivity contribution in [2.45, 2.75) is 52.4 Å². The molecule has 376 valence electrons. The number of rotatable bonds is 9. The Balaban J connectivity index is 1.12. The summed E-state index contributed by atoms with van der Waals surface area (Å²) in [5.41, 5.74) is 26.0. The highest BCUT2D eigenvalue weighted by atomic mass is 15.2. The van der Waals surface area contributed by atoms with Crippen molar-refractivity contribution in [3.05, 3.63) is 278 Å². The van der Waals surface area contributed by atoms with E-state index in [0.29, 0.717) is 0 Å². The predicted octanol–water partition coefficient (Wildman–Crippen LogP) is 18.5. The molecule has 0 aromatic heterocycles. The summed E-state index contributed by atoms with van der Waals surface area (Å²) in [6.07, 6.45) is 0. The Labute approximate surface area is 461 Å². The van der Waals surface area contributed by atoms with Crippen LogP contribution in [0.5, 0.6) is 0 Å². The fourth-order valence-electron chi connectivity index (χ4n) is 11.8. The van der Waals surface area contributed by atoms with E-state index < -0.39 is 0 Å². The second kappa shape index (κ2) is 19.5. The van der Waals surface area contributed by atoms with E-state index >= 15 is 0 Å². The molecule has 4 heteroatoms. The van der Waals surface area contributed by atoms with Gasteiger partial charge in [-0.3, -0.25) is 0 Å². The first-order valence-electron chi connectivity index (χ1n) is 27.4. The summed E-state index contributed by atoms with van der Waals surface area (Å²) < 4.78 is 0. The van der Waals surface area contributed by atoms with E-state index in [-0.39, 0.29) is 17.5 Å². The minimum Gasteiger partial charge on any atom is -0.311 e. The quantitative estimate of drug-likeness (QED) is 0.133. The third-order valence-electron chi connectivity index (χ3n) is 16.0. The van der Waals surface area contributed by atoms with Gasteiger partial charge in [-0.1, -0.05) is 236 Å². The molecular weight excluding hydrogens is 942 g/mol. The predicted molar refractivity (Wildman–Crippen MR) is 334 cm³/mol. The largest absolute Gasteiger partial charge is 0.311 e. The van der Waals surface area contributed by atoms with Crippen molar-refractivity contribution in [2.75, 3.05) is 14.7 Å². The summed E-state index contributed by atoms with van der Waals surface area (Å²) in [4.78, 5) is 7.56. The molecule has 78 heavy (non-hydrogen) atoms. The lowest BCUT2D eigenvalue weighted by atomic mass is 9.33. The third-order valence-corrected chi connectivity index (χ3v) is 16.0. The van der Waals surface area contributed by atoms with Gasteiger partial charge in [-0.05, 0) is 156 Å². The van der Waals surface area contributed by atoms with Crippen molar-refractivity contribution >= 4 is 74.3 Å². The van der Waals surface area contributed by atoms with Gasteiger partial charge in [-0.2, -0.15) is 0 Å². The average Bonchev–Trinajstić information content (AvgIpc) is 3.61. The van der Waals surface area contributed by atoms with Crippen molar-refractivity contribution < 1.29 is 0 Å². The summed E-state index contributed by atoms with van der Waals surface area (Å²) in [7, 11) is 0. The molecule has 3 nitrogen and oxygen atoms in total. The minimum absolute atomic E-state index is 0.00260. The van der Waals surface area contributed by atoms with E-state index in [4.69, 9.17) is 0 Å². The van der Waals surface area contributed by atoms with Crippen LogP contribution in [0.3, 0.4) is 0 Å². The van der Waals surface area contributed by atoms with Gasteiger partial charge in [-0.25, -0.2) is 0 Å². The molecule has 0 bridgehead atoms. The molecule has 0 radical (unpaired) electrons. The minimum atomic E-state index is -0.119. The molecule has 0 amide bonds. The molecule has 11 aromatic carbocycles. The van der Waals surface area contributed by atoms with Gasteiger partial charge in [0.2, 0.25) is 0 Å². The van der Waals surface area contributed by atoms with Gasteiger partial charge < -0.3 is 14.7 Å². The van der Waals surface area contributed by atoms with Crippen LogP contribution in [-0.2, 0) is 10.8 Å². The highest BCUT2D eigenvalue weighted by Crippen LogP contribution is 2.49. The highest BCUT2D eigenvalue weighted by molar-refractivity contribution is 7.00. The molecule has 2 heterocycles. The van der Waals surface area contributed by atoms with E-state index in [1.165, 1.54) is 72.0 Å². The fourth-order valence-corrected chi connectivity index (χ4v) is 11.8. The lowest BCUT2D eigenvalue weighted by molar-refractivity contribution is 0.590. The Kier molecular flexibility index (Phi) is 12.1. The van der Waals surface area contributed by atoms with Crippen LogP contribution < -0.4 is 31.1 Å². The summed E-state index contributed by atoms with van der Waals surface area (Å²) in [5, 5.41) is 0. The van der Waals surface area contributed by atoms with Crippen LogP contribution in [0.2, 0.25) is 0 Å². The maximum Gasteiger partial charge on any atom is 0.252 e.